The lowest BCUT2D eigenvalue weighted by molar-refractivity contribution is -0.138. The van der Waals surface area contributed by atoms with E-state index in [4.69, 9.17) is 0 Å². The summed E-state index contributed by atoms with van der Waals surface area (Å²) >= 11 is 0. The van der Waals surface area contributed by atoms with Gasteiger partial charge in [-0.15, -0.1) is 0 Å². The van der Waals surface area contributed by atoms with Crippen LogP contribution in [-0.2, 0) is 11.0 Å². The maximum atomic E-state index is 13.1. The number of aromatic nitrogens is 3. The summed E-state index contributed by atoms with van der Waals surface area (Å²) in [5.74, 6) is -0.123. The molecule has 5 rings (SSSR count). The van der Waals surface area contributed by atoms with Gasteiger partial charge in [-0.25, -0.2) is 4.98 Å². The Hall–Kier alpha value is -3.14. The number of halogens is 3. The Morgan fingerprint density at radius 1 is 1.11 bits per heavy atom. The number of hydrogen-bond donors (Lipinski definition) is 1. The van der Waals surface area contributed by atoms with Crippen LogP contribution in [-0.4, -0.2) is 68.8 Å². The molecule has 1 aromatic carbocycles. The second-order valence-corrected chi connectivity index (χ2v) is 9.71. The number of pyridine rings is 1. The maximum absolute atomic E-state index is 13.1. The molecule has 4 heterocycles. The average molecular weight is 488 g/mol. The molecule has 1 N–H and O–H groups in total. The van der Waals surface area contributed by atoms with Gasteiger partial charge in [-0.1, -0.05) is 0 Å². The largest absolute Gasteiger partial charge is 0.507 e. The number of nitrogens with zero attached hydrogens (tertiary/aromatic N) is 5. The molecule has 3 aromatic rings. The van der Waals surface area contributed by atoms with E-state index in [0.29, 0.717) is 24.4 Å². The molecule has 0 spiro atoms. The van der Waals surface area contributed by atoms with Gasteiger partial charge in [0.1, 0.15) is 5.75 Å². The minimum absolute atomic E-state index is 0.0940. The molecule has 1 atom stereocenters. The number of alkyl halides is 3. The highest BCUT2D eigenvalue weighted by atomic mass is 19.4. The summed E-state index contributed by atoms with van der Waals surface area (Å²) in [6.45, 7) is 4.69. The second-order valence-electron chi connectivity index (χ2n) is 9.71. The van der Waals surface area contributed by atoms with Crippen molar-refractivity contribution < 1.29 is 23.1 Å². The van der Waals surface area contributed by atoms with Gasteiger partial charge in [0.2, 0.25) is 5.91 Å². The van der Waals surface area contributed by atoms with Crippen LogP contribution >= 0.6 is 0 Å². The summed E-state index contributed by atoms with van der Waals surface area (Å²) < 4.78 is 41.1. The van der Waals surface area contributed by atoms with Crippen LogP contribution in [0.1, 0.15) is 36.4 Å². The highest BCUT2D eigenvalue weighted by Gasteiger charge is 2.33. The minimum Gasteiger partial charge on any atom is -0.507 e. The zero-order valence-corrected chi connectivity index (χ0v) is 19.7. The van der Waals surface area contributed by atoms with Gasteiger partial charge in [-0.3, -0.25) is 9.48 Å². The quantitative estimate of drug-likeness (QED) is 0.598. The van der Waals surface area contributed by atoms with E-state index in [0.717, 1.165) is 49.9 Å². The number of fused-ring (bicyclic) bond motifs is 1. The molecule has 2 aromatic heterocycles. The number of phenolic OH excluding ortho intramolecular Hbond substituents is 1. The fourth-order valence-electron chi connectivity index (χ4n) is 5.26. The minimum atomic E-state index is -4.54. The van der Waals surface area contributed by atoms with Crippen molar-refractivity contribution in [3.05, 3.63) is 41.6 Å². The van der Waals surface area contributed by atoms with E-state index in [-0.39, 0.29) is 29.0 Å². The van der Waals surface area contributed by atoms with E-state index in [1.807, 2.05) is 28.9 Å². The Balaban J connectivity index is 1.33. The van der Waals surface area contributed by atoms with Crippen molar-refractivity contribution in [1.82, 2.24) is 24.6 Å². The van der Waals surface area contributed by atoms with Crippen LogP contribution in [0.2, 0.25) is 0 Å². The van der Waals surface area contributed by atoms with Gasteiger partial charge in [-0.05, 0) is 69.6 Å². The van der Waals surface area contributed by atoms with Gasteiger partial charge in [0.05, 0.1) is 23.2 Å². The molecule has 2 aliphatic rings. The summed E-state index contributed by atoms with van der Waals surface area (Å²) in [6, 6.07) is 5.38. The number of rotatable bonds is 3. The fraction of sp³-hybridized carbons (Fsp3) is 0.480. The first kappa shape index (κ1) is 23.6. The lowest BCUT2D eigenvalue weighted by atomic mass is 10.00. The number of likely N-dealkylation sites (tertiary alicyclic amines) is 2. The number of piperidine rings is 1. The Bertz CT molecular complexity index is 1240. The highest BCUT2D eigenvalue weighted by molar-refractivity contribution is 5.81. The molecular weight excluding hydrogens is 459 g/mol. The van der Waals surface area contributed by atoms with Crippen LogP contribution in [0.15, 0.2) is 30.5 Å². The molecule has 1 amide bonds. The molecular formula is C25H28F3N5O2. The Morgan fingerprint density at radius 2 is 1.86 bits per heavy atom. The van der Waals surface area contributed by atoms with E-state index in [1.54, 1.807) is 6.07 Å². The second kappa shape index (κ2) is 8.82. The van der Waals surface area contributed by atoms with Crippen molar-refractivity contribution in [2.24, 2.45) is 5.92 Å². The molecule has 2 aliphatic heterocycles. The number of benzene rings is 1. The van der Waals surface area contributed by atoms with Crippen molar-refractivity contribution in [1.29, 1.82) is 0 Å². The molecule has 2 fully saturated rings. The zero-order chi connectivity index (χ0) is 24.9. The smallest absolute Gasteiger partial charge is 0.416 e. The van der Waals surface area contributed by atoms with Crippen molar-refractivity contribution in [2.45, 2.75) is 38.4 Å². The van der Waals surface area contributed by atoms with Crippen LogP contribution in [0.3, 0.4) is 0 Å². The van der Waals surface area contributed by atoms with Crippen molar-refractivity contribution >= 4 is 16.9 Å². The van der Waals surface area contributed by atoms with Crippen molar-refractivity contribution in [3.8, 4) is 17.0 Å². The van der Waals surface area contributed by atoms with Gasteiger partial charge in [-0.2, -0.15) is 18.3 Å². The van der Waals surface area contributed by atoms with Crippen molar-refractivity contribution in [3.63, 3.8) is 0 Å². The maximum Gasteiger partial charge on any atom is 0.416 e. The Morgan fingerprint density at radius 3 is 2.49 bits per heavy atom. The van der Waals surface area contributed by atoms with E-state index >= 15 is 0 Å². The number of carbonyl (C=O) groups excluding carboxylic acids is 1. The monoisotopic (exact) mass is 487 g/mol. The zero-order valence-electron chi connectivity index (χ0n) is 19.7. The standard InChI is InChI=1S/C25H28F3N5O2/c1-15-11-18(25(26,27)28)12-21(34)22(15)20-4-3-16-14-33(30-23(16)29-20)19-6-9-32(10-7-19)24(35)17-5-8-31(2)13-17/h3-4,11-12,14,17,19,34H,5-10,13H2,1-2H3. The molecule has 7 nitrogen and oxygen atoms in total. The lowest BCUT2D eigenvalue weighted by Crippen LogP contribution is -2.42. The number of hydrogen-bond acceptors (Lipinski definition) is 5. The molecule has 0 saturated carbocycles. The normalized spacial score (nSPS) is 20.1. The van der Waals surface area contributed by atoms with Crippen molar-refractivity contribution in [2.75, 3.05) is 33.2 Å². The summed E-state index contributed by atoms with van der Waals surface area (Å²) in [7, 11) is 2.04. The van der Waals surface area contributed by atoms with Crippen LogP contribution < -0.4 is 0 Å². The summed E-state index contributed by atoms with van der Waals surface area (Å²) in [5, 5.41) is 15.8. The summed E-state index contributed by atoms with van der Waals surface area (Å²) in [5.41, 5.74) is 0.487. The third-order valence-corrected chi connectivity index (χ3v) is 7.18. The number of amides is 1. The summed E-state index contributed by atoms with van der Waals surface area (Å²) in [4.78, 5) is 21.5. The van der Waals surface area contributed by atoms with Gasteiger partial charge >= 0.3 is 6.18 Å². The van der Waals surface area contributed by atoms with Gasteiger partial charge < -0.3 is 14.9 Å². The third kappa shape index (κ3) is 4.59. The molecule has 2 saturated heterocycles. The Kier molecular flexibility index (Phi) is 5.94. The SMILES string of the molecule is Cc1cc(C(F)(F)F)cc(O)c1-c1ccc2cn(C3CCN(C(=O)C4CCN(C)C4)CC3)nc2n1. The molecule has 35 heavy (non-hydrogen) atoms. The predicted molar refractivity (Wildman–Crippen MR) is 125 cm³/mol. The van der Waals surface area contributed by atoms with Crippen LogP contribution in [0, 0.1) is 12.8 Å². The molecule has 0 bridgehead atoms. The molecule has 10 heteroatoms. The first-order chi connectivity index (χ1) is 16.6. The first-order valence-electron chi connectivity index (χ1n) is 11.8. The van der Waals surface area contributed by atoms with E-state index in [2.05, 4.69) is 15.0 Å². The van der Waals surface area contributed by atoms with Crippen LogP contribution in [0.25, 0.3) is 22.3 Å². The molecule has 0 radical (unpaired) electrons. The number of phenols is 1. The fourth-order valence-corrected chi connectivity index (χ4v) is 5.26. The van der Waals surface area contributed by atoms with E-state index in [1.165, 1.54) is 6.92 Å². The van der Waals surface area contributed by atoms with E-state index in [9.17, 15) is 23.1 Å². The highest BCUT2D eigenvalue weighted by Crippen LogP contribution is 2.39. The van der Waals surface area contributed by atoms with Gasteiger partial charge in [0.25, 0.3) is 0 Å². The topological polar surface area (TPSA) is 74.5 Å². The number of aromatic hydroxyl groups is 1. The van der Waals surface area contributed by atoms with Crippen LogP contribution in [0.4, 0.5) is 13.2 Å². The average Bonchev–Trinajstić information content (AvgIpc) is 3.43. The van der Waals surface area contributed by atoms with E-state index < -0.39 is 17.5 Å². The third-order valence-electron chi connectivity index (χ3n) is 7.18. The molecule has 0 aliphatic carbocycles. The van der Waals surface area contributed by atoms with Crippen LogP contribution in [0.5, 0.6) is 5.75 Å². The Labute approximate surface area is 201 Å². The lowest BCUT2D eigenvalue weighted by Gasteiger charge is -2.33. The van der Waals surface area contributed by atoms with Gasteiger partial charge in [0, 0.05) is 36.8 Å². The summed E-state index contributed by atoms with van der Waals surface area (Å²) in [6.07, 6.45) is -0.103. The molecule has 186 valence electrons. The number of carbonyl (C=O) groups is 1. The van der Waals surface area contributed by atoms with Gasteiger partial charge in [0.15, 0.2) is 5.65 Å². The molecule has 1 unspecified atom stereocenters. The first-order valence-corrected chi connectivity index (χ1v) is 11.8. The number of aryl methyl sites for hydroxylation is 1. The predicted octanol–water partition coefficient (Wildman–Crippen LogP) is 4.25.